The largest absolute Gasteiger partial charge is 0.416 e. The fraction of sp³-hybridized carbons (Fsp3) is 0.364. The van der Waals surface area contributed by atoms with Crippen LogP contribution in [0.5, 0.6) is 0 Å². The monoisotopic (exact) mass is 234 g/mol. The molecule has 0 amide bonds. The first-order chi connectivity index (χ1) is 7.30. The lowest BCUT2D eigenvalue weighted by atomic mass is 10.0. The topological polar surface area (TPSA) is 17.1 Å². The zero-order valence-electron chi connectivity index (χ0n) is 8.51. The molecule has 0 spiro atoms. The summed E-state index contributed by atoms with van der Waals surface area (Å²) >= 11 is 0. The van der Waals surface area contributed by atoms with Crippen LogP contribution in [-0.2, 0) is 11.0 Å². The van der Waals surface area contributed by atoms with Gasteiger partial charge in [0, 0.05) is 6.42 Å². The van der Waals surface area contributed by atoms with Crippen LogP contribution in [0.2, 0.25) is 0 Å². The maximum absolute atomic E-state index is 13.4. The van der Waals surface area contributed by atoms with Crippen LogP contribution in [-0.4, -0.2) is 5.78 Å². The van der Waals surface area contributed by atoms with Gasteiger partial charge in [0.15, 0.2) is 0 Å². The van der Waals surface area contributed by atoms with Crippen molar-refractivity contribution in [3.8, 4) is 0 Å². The Hall–Kier alpha value is -1.39. The average Bonchev–Trinajstić information content (AvgIpc) is 2.15. The number of hydrogen-bond acceptors (Lipinski definition) is 1. The second-order valence-corrected chi connectivity index (χ2v) is 3.50. The van der Waals surface area contributed by atoms with Gasteiger partial charge in [0.05, 0.1) is 5.56 Å². The number of ketones is 1. The maximum Gasteiger partial charge on any atom is 0.416 e. The molecule has 0 heterocycles. The van der Waals surface area contributed by atoms with Crippen LogP contribution in [0.15, 0.2) is 24.3 Å². The van der Waals surface area contributed by atoms with Gasteiger partial charge in [-0.25, -0.2) is 4.39 Å². The molecule has 1 unspecified atom stereocenters. The molecule has 1 rings (SSSR count). The first-order valence-corrected chi connectivity index (χ1v) is 4.61. The molecule has 0 fully saturated rings. The second kappa shape index (κ2) is 4.63. The van der Waals surface area contributed by atoms with Gasteiger partial charge in [-0.15, -0.1) is 0 Å². The fourth-order valence-electron chi connectivity index (χ4n) is 1.28. The van der Waals surface area contributed by atoms with Gasteiger partial charge in [-0.05, 0) is 24.6 Å². The number of Topliss-reactive ketones (excluding diaryl/α,β-unsaturated/α-hetero) is 1. The average molecular weight is 234 g/mol. The molecule has 1 aromatic rings. The molecule has 0 radical (unpaired) electrons. The van der Waals surface area contributed by atoms with Crippen LogP contribution in [0.1, 0.15) is 30.6 Å². The molecular weight excluding hydrogens is 224 g/mol. The molecule has 0 aromatic heterocycles. The van der Waals surface area contributed by atoms with E-state index in [1.54, 1.807) is 0 Å². The minimum Gasteiger partial charge on any atom is -0.300 e. The molecule has 0 saturated carbocycles. The number of rotatable bonds is 3. The SMILES string of the molecule is CC(=O)CC(F)c1cccc(C(F)(F)F)c1. The van der Waals surface area contributed by atoms with Crippen molar-refractivity contribution in [3.63, 3.8) is 0 Å². The predicted octanol–water partition coefficient (Wildman–Crippen LogP) is 3.70. The number of alkyl halides is 4. The van der Waals surface area contributed by atoms with Crippen molar-refractivity contribution >= 4 is 5.78 Å². The Balaban J connectivity index is 2.94. The summed E-state index contributed by atoms with van der Waals surface area (Å²) < 4.78 is 50.3. The standard InChI is InChI=1S/C11H10F4O/c1-7(16)5-10(12)8-3-2-4-9(6-8)11(13,14)15/h2-4,6,10H,5H2,1H3. The molecule has 0 N–H and O–H groups in total. The lowest BCUT2D eigenvalue weighted by molar-refractivity contribution is -0.137. The summed E-state index contributed by atoms with van der Waals surface area (Å²) in [5, 5.41) is 0. The minimum absolute atomic E-state index is 0.120. The van der Waals surface area contributed by atoms with E-state index in [1.807, 2.05) is 0 Å². The van der Waals surface area contributed by atoms with Crippen molar-refractivity contribution in [1.82, 2.24) is 0 Å². The van der Waals surface area contributed by atoms with Crippen LogP contribution in [0, 0.1) is 0 Å². The molecule has 0 aliphatic carbocycles. The molecule has 0 aliphatic heterocycles. The molecule has 1 atom stereocenters. The molecule has 0 saturated heterocycles. The Morgan fingerprint density at radius 2 is 2.00 bits per heavy atom. The highest BCUT2D eigenvalue weighted by atomic mass is 19.4. The highest BCUT2D eigenvalue weighted by Crippen LogP contribution is 2.32. The van der Waals surface area contributed by atoms with Crippen molar-refractivity contribution in [2.24, 2.45) is 0 Å². The van der Waals surface area contributed by atoms with Gasteiger partial charge in [-0.1, -0.05) is 12.1 Å². The Morgan fingerprint density at radius 1 is 1.38 bits per heavy atom. The Bertz CT molecular complexity index is 384. The van der Waals surface area contributed by atoms with Gasteiger partial charge in [0.25, 0.3) is 0 Å². The van der Waals surface area contributed by atoms with Gasteiger partial charge >= 0.3 is 6.18 Å². The van der Waals surface area contributed by atoms with Crippen LogP contribution in [0.4, 0.5) is 17.6 Å². The van der Waals surface area contributed by atoms with E-state index in [2.05, 4.69) is 0 Å². The summed E-state index contributed by atoms with van der Waals surface area (Å²) in [6.45, 7) is 1.19. The van der Waals surface area contributed by atoms with Gasteiger partial charge in [-0.3, -0.25) is 4.79 Å². The minimum atomic E-state index is -4.49. The molecule has 88 valence electrons. The predicted molar refractivity (Wildman–Crippen MR) is 50.6 cm³/mol. The van der Waals surface area contributed by atoms with Crippen LogP contribution >= 0.6 is 0 Å². The van der Waals surface area contributed by atoms with E-state index in [9.17, 15) is 22.4 Å². The summed E-state index contributed by atoms with van der Waals surface area (Å²) in [4.78, 5) is 10.6. The maximum atomic E-state index is 13.4. The van der Waals surface area contributed by atoms with Crippen LogP contribution in [0.25, 0.3) is 0 Å². The van der Waals surface area contributed by atoms with E-state index in [1.165, 1.54) is 13.0 Å². The molecule has 1 aromatic carbocycles. The molecule has 16 heavy (non-hydrogen) atoms. The second-order valence-electron chi connectivity index (χ2n) is 3.50. The van der Waals surface area contributed by atoms with Crippen molar-refractivity contribution in [3.05, 3.63) is 35.4 Å². The molecular formula is C11H10F4O. The molecule has 5 heteroatoms. The molecule has 0 bridgehead atoms. The first-order valence-electron chi connectivity index (χ1n) is 4.61. The Morgan fingerprint density at radius 3 is 2.50 bits per heavy atom. The first kappa shape index (κ1) is 12.7. The highest BCUT2D eigenvalue weighted by molar-refractivity contribution is 5.76. The Labute approximate surface area is 90.1 Å². The van der Waals surface area contributed by atoms with Crippen molar-refractivity contribution in [2.75, 3.05) is 0 Å². The highest BCUT2D eigenvalue weighted by Gasteiger charge is 2.31. The zero-order valence-corrected chi connectivity index (χ0v) is 8.51. The summed E-state index contributed by atoms with van der Waals surface area (Å²) in [6, 6.07) is 3.96. The van der Waals surface area contributed by atoms with Crippen molar-refractivity contribution in [2.45, 2.75) is 25.7 Å². The van der Waals surface area contributed by atoms with Gasteiger partial charge in [0.2, 0.25) is 0 Å². The van der Waals surface area contributed by atoms with Gasteiger partial charge < -0.3 is 0 Å². The van der Waals surface area contributed by atoms with Crippen molar-refractivity contribution in [1.29, 1.82) is 0 Å². The third-order valence-electron chi connectivity index (χ3n) is 2.04. The third-order valence-corrected chi connectivity index (χ3v) is 2.04. The smallest absolute Gasteiger partial charge is 0.300 e. The molecule has 1 nitrogen and oxygen atoms in total. The summed E-state index contributed by atoms with van der Waals surface area (Å²) in [7, 11) is 0. The molecule has 0 aliphatic rings. The van der Waals surface area contributed by atoms with E-state index in [0.29, 0.717) is 0 Å². The van der Waals surface area contributed by atoms with E-state index < -0.39 is 30.1 Å². The van der Waals surface area contributed by atoms with Gasteiger partial charge in [0.1, 0.15) is 12.0 Å². The summed E-state index contributed by atoms with van der Waals surface area (Å²) in [6.07, 6.45) is -6.58. The van der Waals surface area contributed by atoms with Crippen LogP contribution < -0.4 is 0 Å². The number of hydrogen-bond donors (Lipinski definition) is 0. The lowest BCUT2D eigenvalue weighted by Crippen LogP contribution is -2.06. The lowest BCUT2D eigenvalue weighted by Gasteiger charge is -2.10. The van der Waals surface area contributed by atoms with E-state index in [4.69, 9.17) is 0 Å². The summed E-state index contributed by atoms with van der Waals surface area (Å²) in [5.41, 5.74) is -1.03. The fourth-order valence-corrected chi connectivity index (χ4v) is 1.28. The normalized spacial score (nSPS) is 13.6. The Kier molecular flexibility index (Phi) is 3.67. The number of benzene rings is 1. The van der Waals surface area contributed by atoms with Crippen molar-refractivity contribution < 1.29 is 22.4 Å². The zero-order chi connectivity index (χ0) is 12.3. The van der Waals surface area contributed by atoms with E-state index in [0.717, 1.165) is 18.2 Å². The summed E-state index contributed by atoms with van der Waals surface area (Å²) in [5.74, 6) is -0.398. The number of carbonyl (C=O) groups is 1. The van der Waals surface area contributed by atoms with Gasteiger partial charge in [-0.2, -0.15) is 13.2 Å². The quantitative estimate of drug-likeness (QED) is 0.729. The van der Waals surface area contributed by atoms with Crippen LogP contribution in [0.3, 0.4) is 0 Å². The third kappa shape index (κ3) is 3.32. The van der Waals surface area contributed by atoms with E-state index >= 15 is 0 Å². The number of carbonyl (C=O) groups excluding carboxylic acids is 1. The number of halogens is 4. The van der Waals surface area contributed by atoms with E-state index in [-0.39, 0.29) is 5.56 Å².